The van der Waals surface area contributed by atoms with Crippen molar-refractivity contribution in [3.05, 3.63) is 17.7 Å². The quantitative estimate of drug-likeness (QED) is 0.316. The molecular formula is C16H31N5OS2. The van der Waals surface area contributed by atoms with Crippen LogP contribution in [-0.4, -0.2) is 45.7 Å². The lowest BCUT2D eigenvalue weighted by Gasteiger charge is -2.16. The van der Waals surface area contributed by atoms with Crippen LogP contribution in [-0.2, 0) is 5.75 Å². The minimum absolute atomic E-state index is 0.113. The highest BCUT2D eigenvalue weighted by atomic mass is 32.2. The van der Waals surface area contributed by atoms with Gasteiger partial charge in [-0.25, -0.2) is 9.78 Å². The average Bonchev–Trinajstić information content (AvgIpc) is 2.98. The summed E-state index contributed by atoms with van der Waals surface area (Å²) in [6.07, 6.45) is 8.58. The molecule has 0 aliphatic rings. The predicted octanol–water partition coefficient (Wildman–Crippen LogP) is 3.11. The molecule has 24 heavy (non-hydrogen) atoms. The van der Waals surface area contributed by atoms with Gasteiger partial charge in [0.1, 0.15) is 0 Å². The highest BCUT2D eigenvalue weighted by molar-refractivity contribution is 7.98. The molecule has 1 aromatic heterocycles. The number of amides is 2. The van der Waals surface area contributed by atoms with E-state index in [0.29, 0.717) is 13.1 Å². The van der Waals surface area contributed by atoms with Crippen molar-refractivity contribution in [2.75, 3.05) is 25.4 Å². The minimum Gasteiger partial charge on any atom is -0.348 e. The molecule has 0 unspecified atom stereocenters. The molecule has 0 bridgehead atoms. The lowest BCUT2D eigenvalue weighted by Crippen LogP contribution is -2.35. The van der Waals surface area contributed by atoms with E-state index in [1.807, 2.05) is 6.92 Å². The van der Waals surface area contributed by atoms with Crippen LogP contribution in [0.4, 0.5) is 4.79 Å². The fraction of sp³-hybridized carbons (Fsp3) is 0.750. The van der Waals surface area contributed by atoms with E-state index >= 15 is 0 Å². The largest absolute Gasteiger partial charge is 0.348 e. The summed E-state index contributed by atoms with van der Waals surface area (Å²) in [7, 11) is 0. The highest BCUT2D eigenvalue weighted by Crippen LogP contribution is 2.12. The lowest BCUT2D eigenvalue weighted by molar-refractivity contribution is 0.226. The fourth-order valence-electron chi connectivity index (χ4n) is 2.24. The van der Waals surface area contributed by atoms with Crippen molar-refractivity contribution >= 4 is 30.6 Å². The molecule has 0 fully saturated rings. The van der Waals surface area contributed by atoms with Crippen LogP contribution in [0.15, 0.2) is 6.33 Å². The van der Waals surface area contributed by atoms with Crippen LogP contribution in [0.25, 0.3) is 0 Å². The number of carbonyl (C=O) groups is 1. The second kappa shape index (κ2) is 13.4. The molecule has 0 atom stereocenters. The zero-order valence-electron chi connectivity index (χ0n) is 14.6. The molecule has 0 saturated heterocycles. The van der Waals surface area contributed by atoms with Gasteiger partial charge in [-0.15, -0.1) is 0 Å². The summed E-state index contributed by atoms with van der Waals surface area (Å²) >= 11 is 6.01. The van der Waals surface area contributed by atoms with Crippen LogP contribution < -0.4 is 11.1 Å². The van der Waals surface area contributed by atoms with Crippen molar-refractivity contribution in [1.82, 2.24) is 19.6 Å². The Labute approximate surface area is 155 Å². The Morgan fingerprint density at radius 1 is 1.33 bits per heavy atom. The summed E-state index contributed by atoms with van der Waals surface area (Å²) < 4.78 is 1.47. The molecule has 1 heterocycles. The van der Waals surface area contributed by atoms with E-state index in [1.54, 1.807) is 18.1 Å². The number of thiol groups is 1. The van der Waals surface area contributed by atoms with Crippen LogP contribution >= 0.6 is 24.6 Å². The van der Waals surface area contributed by atoms with Crippen molar-refractivity contribution < 1.29 is 4.79 Å². The average molecular weight is 374 g/mol. The molecular weight excluding hydrogens is 342 g/mol. The number of nitrogens with one attached hydrogen (secondary N) is 2. The molecule has 0 aliphatic carbocycles. The fourth-order valence-corrected chi connectivity index (χ4v) is 3.32. The van der Waals surface area contributed by atoms with Gasteiger partial charge in [0.2, 0.25) is 0 Å². The molecule has 6 nitrogen and oxygen atoms in total. The van der Waals surface area contributed by atoms with Gasteiger partial charge in [0.25, 0.3) is 0 Å². The molecule has 1 rings (SSSR count). The van der Waals surface area contributed by atoms with E-state index in [2.05, 4.69) is 28.1 Å². The molecule has 138 valence electrons. The third kappa shape index (κ3) is 9.44. The summed E-state index contributed by atoms with van der Waals surface area (Å²) in [4.78, 5) is 19.2. The van der Waals surface area contributed by atoms with Crippen LogP contribution in [0.2, 0.25) is 0 Å². The number of hydrogen-bond acceptors (Lipinski definition) is 5. The second-order valence-electron chi connectivity index (χ2n) is 5.79. The number of aromatic nitrogens is 2. The van der Waals surface area contributed by atoms with Crippen LogP contribution in [0, 0.1) is 6.92 Å². The first kappa shape index (κ1) is 21.2. The van der Waals surface area contributed by atoms with Crippen molar-refractivity contribution in [2.45, 2.75) is 51.2 Å². The maximum Gasteiger partial charge on any atom is 0.327 e. The van der Waals surface area contributed by atoms with Crippen molar-refractivity contribution in [2.24, 2.45) is 5.73 Å². The lowest BCUT2D eigenvalue weighted by atomic mass is 10.1. The monoisotopic (exact) mass is 373 g/mol. The normalized spacial score (nSPS) is 10.8. The third-order valence-corrected chi connectivity index (χ3v) is 5.11. The number of unbranched alkanes of at least 4 members (excludes halogenated alkanes) is 5. The molecule has 8 heteroatoms. The van der Waals surface area contributed by atoms with Gasteiger partial charge in [-0.1, -0.05) is 38.5 Å². The summed E-state index contributed by atoms with van der Waals surface area (Å²) in [6.45, 7) is 4.13. The van der Waals surface area contributed by atoms with Crippen LogP contribution in [0.1, 0.15) is 49.9 Å². The molecule has 0 aromatic carbocycles. The van der Waals surface area contributed by atoms with Gasteiger partial charge in [-0.3, -0.25) is 4.31 Å². The number of carbonyl (C=O) groups excluding carboxylic acids is 1. The summed E-state index contributed by atoms with van der Waals surface area (Å²) in [6, 6.07) is -0.113. The van der Waals surface area contributed by atoms with Gasteiger partial charge < -0.3 is 16.0 Å². The van der Waals surface area contributed by atoms with Gasteiger partial charge in [0.05, 0.1) is 12.0 Å². The van der Waals surface area contributed by atoms with Gasteiger partial charge in [0, 0.05) is 30.3 Å². The first-order valence-corrected chi connectivity index (χ1v) is 10.2. The van der Waals surface area contributed by atoms with Gasteiger partial charge in [0.15, 0.2) is 0 Å². The SMILES string of the molecule is Cc1[nH]cnc1CSCCNC(=O)N(S)CCCCCCCCN. The summed E-state index contributed by atoms with van der Waals surface area (Å²) in [5, 5.41) is 2.89. The zero-order chi connectivity index (χ0) is 17.6. The van der Waals surface area contributed by atoms with E-state index in [4.69, 9.17) is 5.73 Å². The van der Waals surface area contributed by atoms with E-state index in [-0.39, 0.29) is 6.03 Å². The van der Waals surface area contributed by atoms with Crippen molar-refractivity contribution in [1.29, 1.82) is 0 Å². The van der Waals surface area contributed by atoms with Gasteiger partial charge in [-0.05, 0) is 26.3 Å². The van der Waals surface area contributed by atoms with E-state index in [9.17, 15) is 4.79 Å². The van der Waals surface area contributed by atoms with Crippen LogP contribution in [0.3, 0.4) is 0 Å². The third-order valence-electron chi connectivity index (χ3n) is 3.75. The smallest absolute Gasteiger partial charge is 0.327 e. The topological polar surface area (TPSA) is 87.0 Å². The number of rotatable bonds is 13. The number of nitrogens with zero attached hydrogens (tertiary/aromatic N) is 2. The number of urea groups is 1. The summed E-state index contributed by atoms with van der Waals surface area (Å²) in [5.41, 5.74) is 7.65. The molecule has 2 amide bonds. The van der Waals surface area contributed by atoms with E-state index in [1.165, 1.54) is 23.6 Å². The molecule has 0 saturated carbocycles. The highest BCUT2D eigenvalue weighted by Gasteiger charge is 2.08. The number of thioether (sulfide) groups is 1. The molecule has 0 spiro atoms. The number of aryl methyl sites for hydroxylation is 1. The molecule has 1 aromatic rings. The Kier molecular flexibility index (Phi) is 11.9. The number of H-pyrrole nitrogens is 1. The summed E-state index contributed by atoms with van der Waals surface area (Å²) in [5.74, 6) is 1.72. The molecule has 0 aliphatic heterocycles. The molecule has 0 radical (unpaired) electrons. The van der Waals surface area contributed by atoms with E-state index < -0.39 is 0 Å². The Bertz CT molecular complexity index is 455. The number of aromatic amines is 1. The second-order valence-corrected chi connectivity index (χ2v) is 7.38. The predicted molar refractivity (Wildman–Crippen MR) is 105 cm³/mol. The first-order chi connectivity index (χ1) is 11.6. The maximum absolute atomic E-state index is 11.9. The zero-order valence-corrected chi connectivity index (χ0v) is 16.3. The number of nitrogens with two attached hydrogens (primary N) is 1. The number of hydrogen-bond donors (Lipinski definition) is 4. The van der Waals surface area contributed by atoms with Gasteiger partial charge >= 0.3 is 6.03 Å². The Morgan fingerprint density at radius 2 is 2.04 bits per heavy atom. The Hall–Kier alpha value is -0.860. The van der Waals surface area contributed by atoms with E-state index in [0.717, 1.165) is 48.7 Å². The molecule has 4 N–H and O–H groups in total. The van der Waals surface area contributed by atoms with Crippen LogP contribution in [0.5, 0.6) is 0 Å². The first-order valence-electron chi connectivity index (χ1n) is 8.66. The van der Waals surface area contributed by atoms with Gasteiger partial charge in [-0.2, -0.15) is 11.8 Å². The Balaban J connectivity index is 1.96. The maximum atomic E-state index is 11.9. The minimum atomic E-state index is -0.113. The standard InChI is InChI=1S/C16H31N5OS2/c1-14-15(20-13-19-14)12-24-11-9-18-16(22)21(23)10-7-5-3-2-4-6-8-17/h13,23H,2-12,17H2,1H3,(H,18,22)(H,19,20). The Morgan fingerprint density at radius 3 is 2.71 bits per heavy atom. The van der Waals surface area contributed by atoms with Crippen molar-refractivity contribution in [3.63, 3.8) is 0 Å². The number of imidazole rings is 1. The van der Waals surface area contributed by atoms with Crippen molar-refractivity contribution in [3.8, 4) is 0 Å².